The van der Waals surface area contributed by atoms with Crippen LogP contribution in [0.15, 0.2) is 12.2 Å². The van der Waals surface area contributed by atoms with Gasteiger partial charge in [-0.3, -0.25) is 4.79 Å². The van der Waals surface area contributed by atoms with E-state index >= 15 is 0 Å². The third-order valence-corrected chi connectivity index (χ3v) is 14.2. The van der Waals surface area contributed by atoms with Gasteiger partial charge in [-0.25, -0.2) is 0 Å². The van der Waals surface area contributed by atoms with Gasteiger partial charge in [0.05, 0.1) is 47.6 Å². The van der Waals surface area contributed by atoms with Gasteiger partial charge in [0.1, 0.15) is 23.9 Å². The number of methoxy groups -OCH3 is 1. The Bertz CT molecular complexity index is 1330. The standard InChI is InChI=1S/C47H88N2O12/c1-15-17-18-19-20-21-22-23-24-48-37-28(3)26-45(9,54)42(61-44-38(50)34(49(12)13)25-29(4)57-44)31(6)39(60-36-27-46(10,56-14)41(52)33(8)58-36)32(7)43(53)59-35(16-2)47(11,55)40(51)30(37)5/h20-21,28-42,44,48,50-52,54-55H,15-19,22-27H2,1-14H3/b21-20-/t28-,29?,30+,31+,32-,33?,34?,35-,36?,37+,38?,39+,40-,41?,42-,44?,45-,46?,47-/m1/s1. The number of allylic oxidation sites excluding steroid dienone is 2. The van der Waals surface area contributed by atoms with E-state index in [-0.39, 0.29) is 37.3 Å². The highest BCUT2D eigenvalue weighted by molar-refractivity contribution is 5.73. The normalized spacial score (nSPS) is 44.9. The minimum atomic E-state index is -1.84. The average Bonchev–Trinajstić information content (AvgIpc) is 3.19. The molecule has 0 aromatic carbocycles. The summed E-state index contributed by atoms with van der Waals surface area (Å²) in [5.41, 5.74) is -4.50. The zero-order valence-electron chi connectivity index (χ0n) is 40.2. The summed E-state index contributed by atoms with van der Waals surface area (Å²) in [6.07, 6.45) is 2.35. The molecule has 0 aromatic heterocycles. The monoisotopic (exact) mass is 873 g/mol. The van der Waals surface area contributed by atoms with Crippen LogP contribution in [0.3, 0.4) is 0 Å². The predicted octanol–water partition coefficient (Wildman–Crippen LogP) is 5.09. The van der Waals surface area contributed by atoms with Crippen LogP contribution in [0.4, 0.5) is 0 Å². The summed E-state index contributed by atoms with van der Waals surface area (Å²) in [7, 11) is 5.31. The lowest BCUT2D eigenvalue weighted by Crippen LogP contribution is -2.62. The van der Waals surface area contributed by atoms with Gasteiger partial charge in [0.2, 0.25) is 0 Å². The molecule has 61 heavy (non-hydrogen) atoms. The molecule has 3 heterocycles. The lowest BCUT2D eigenvalue weighted by atomic mass is 9.72. The minimum Gasteiger partial charge on any atom is -0.459 e. The molecule has 0 amide bonds. The summed E-state index contributed by atoms with van der Waals surface area (Å²) in [5.74, 6) is -3.31. The lowest BCUT2D eigenvalue weighted by Gasteiger charge is -2.49. The predicted molar refractivity (Wildman–Crippen MR) is 236 cm³/mol. The Hall–Kier alpha value is -1.27. The number of esters is 1. The van der Waals surface area contributed by atoms with E-state index in [0.29, 0.717) is 13.0 Å². The number of rotatable bonds is 16. The van der Waals surface area contributed by atoms with Gasteiger partial charge in [-0.1, -0.05) is 59.6 Å². The van der Waals surface area contributed by atoms with Crippen LogP contribution < -0.4 is 5.32 Å². The van der Waals surface area contributed by atoms with Crippen molar-refractivity contribution >= 4 is 5.97 Å². The van der Waals surface area contributed by atoms with Crippen molar-refractivity contribution in [3.63, 3.8) is 0 Å². The number of nitrogens with zero attached hydrogens (tertiary/aromatic N) is 1. The van der Waals surface area contributed by atoms with Crippen molar-refractivity contribution in [3.05, 3.63) is 12.2 Å². The Morgan fingerprint density at radius 1 is 0.869 bits per heavy atom. The fraction of sp³-hybridized carbons (Fsp3) is 0.936. The number of hydrogen-bond donors (Lipinski definition) is 6. The summed E-state index contributed by atoms with van der Waals surface area (Å²) in [5, 5.41) is 63.5. The van der Waals surface area contributed by atoms with E-state index in [2.05, 4.69) is 24.4 Å². The van der Waals surface area contributed by atoms with Gasteiger partial charge >= 0.3 is 5.97 Å². The molecule has 8 unspecified atom stereocenters. The van der Waals surface area contributed by atoms with Crippen molar-refractivity contribution in [1.29, 1.82) is 0 Å². The van der Waals surface area contributed by atoms with Crippen molar-refractivity contribution in [2.75, 3.05) is 27.7 Å². The van der Waals surface area contributed by atoms with Crippen LogP contribution in [0.1, 0.15) is 140 Å². The molecule has 0 saturated carbocycles. The molecule has 14 nitrogen and oxygen atoms in total. The van der Waals surface area contributed by atoms with Gasteiger partial charge in [0.15, 0.2) is 12.6 Å². The zero-order valence-corrected chi connectivity index (χ0v) is 40.2. The summed E-state index contributed by atoms with van der Waals surface area (Å²) in [6, 6.07) is -0.687. The Morgan fingerprint density at radius 3 is 2.10 bits per heavy atom. The topological polar surface area (TPSA) is 189 Å². The second-order valence-corrected chi connectivity index (χ2v) is 19.8. The van der Waals surface area contributed by atoms with Gasteiger partial charge in [-0.2, -0.15) is 0 Å². The molecule has 19 atom stereocenters. The first-order valence-corrected chi connectivity index (χ1v) is 23.4. The highest BCUT2D eigenvalue weighted by Gasteiger charge is 2.53. The molecule has 0 spiro atoms. The van der Waals surface area contributed by atoms with Crippen LogP contribution in [-0.2, 0) is 33.2 Å². The Kier molecular flexibility index (Phi) is 21.1. The first-order valence-electron chi connectivity index (χ1n) is 23.4. The molecule has 0 radical (unpaired) electrons. The zero-order chi connectivity index (χ0) is 46.0. The van der Waals surface area contributed by atoms with Crippen LogP contribution in [0, 0.1) is 23.7 Å². The maximum atomic E-state index is 14.4. The fourth-order valence-corrected chi connectivity index (χ4v) is 10.2. The third kappa shape index (κ3) is 13.9. The number of cyclic esters (lactones) is 1. The van der Waals surface area contributed by atoms with E-state index in [1.807, 2.05) is 46.7 Å². The van der Waals surface area contributed by atoms with Crippen molar-refractivity contribution in [2.24, 2.45) is 23.7 Å². The number of aliphatic hydroxyl groups excluding tert-OH is 3. The third-order valence-electron chi connectivity index (χ3n) is 14.2. The number of nitrogens with one attached hydrogen (secondary N) is 1. The van der Waals surface area contributed by atoms with E-state index in [0.717, 1.165) is 19.3 Å². The number of hydrogen-bond acceptors (Lipinski definition) is 14. The lowest BCUT2D eigenvalue weighted by molar-refractivity contribution is -0.318. The van der Waals surface area contributed by atoms with E-state index in [1.54, 1.807) is 34.6 Å². The number of aliphatic hydroxyl groups is 5. The van der Waals surface area contributed by atoms with Crippen LogP contribution in [0.25, 0.3) is 0 Å². The number of ether oxygens (including phenoxy) is 6. The first kappa shape index (κ1) is 54.1. The van der Waals surface area contributed by atoms with Gasteiger partial charge < -0.3 is 64.2 Å². The van der Waals surface area contributed by atoms with Crippen molar-refractivity contribution < 1.29 is 58.7 Å². The molecule has 3 aliphatic heterocycles. The number of likely N-dealkylation sites (N-methyl/N-ethyl adjacent to an activating group) is 1. The molecule has 0 aliphatic carbocycles. The molecular formula is C47H88N2O12. The van der Waals surface area contributed by atoms with Crippen molar-refractivity contribution in [1.82, 2.24) is 10.2 Å². The molecule has 0 bridgehead atoms. The van der Waals surface area contributed by atoms with Gasteiger partial charge in [-0.05, 0) is 113 Å². The van der Waals surface area contributed by atoms with Gasteiger partial charge in [0.25, 0.3) is 0 Å². The molecule has 3 fully saturated rings. The molecular weight excluding hydrogens is 785 g/mol. The first-order chi connectivity index (χ1) is 28.5. The fourth-order valence-electron chi connectivity index (χ4n) is 10.2. The molecule has 3 rings (SSSR count). The maximum Gasteiger partial charge on any atom is 0.311 e. The molecule has 14 heteroatoms. The van der Waals surface area contributed by atoms with E-state index in [1.165, 1.54) is 33.3 Å². The highest BCUT2D eigenvalue weighted by atomic mass is 16.7. The number of carbonyl (C=O) groups is 1. The Balaban J connectivity index is 2.14. The second-order valence-electron chi connectivity index (χ2n) is 19.8. The molecule has 358 valence electrons. The highest BCUT2D eigenvalue weighted by Crippen LogP contribution is 2.41. The summed E-state index contributed by atoms with van der Waals surface area (Å²) >= 11 is 0. The molecule has 6 N–H and O–H groups in total. The van der Waals surface area contributed by atoms with Crippen molar-refractivity contribution in [3.8, 4) is 0 Å². The van der Waals surface area contributed by atoms with E-state index in [9.17, 15) is 30.3 Å². The maximum absolute atomic E-state index is 14.4. The summed E-state index contributed by atoms with van der Waals surface area (Å²) in [6.45, 7) is 20.7. The number of unbranched alkanes of at least 4 members (excludes halogenated alkanes) is 4. The van der Waals surface area contributed by atoms with Crippen molar-refractivity contribution in [2.45, 2.75) is 231 Å². The second kappa shape index (κ2) is 23.8. The van der Waals surface area contributed by atoms with E-state index in [4.69, 9.17) is 28.4 Å². The summed E-state index contributed by atoms with van der Waals surface area (Å²) in [4.78, 5) is 16.4. The molecule has 0 aromatic rings. The smallest absolute Gasteiger partial charge is 0.311 e. The molecule has 3 aliphatic rings. The summed E-state index contributed by atoms with van der Waals surface area (Å²) < 4.78 is 38.1. The van der Waals surface area contributed by atoms with Gasteiger partial charge in [-0.15, -0.1) is 0 Å². The molecule has 3 saturated heterocycles. The Morgan fingerprint density at radius 2 is 1.51 bits per heavy atom. The van der Waals surface area contributed by atoms with Crippen LogP contribution >= 0.6 is 0 Å². The Labute approximate surface area is 368 Å². The van der Waals surface area contributed by atoms with Crippen LogP contribution in [0.5, 0.6) is 0 Å². The quantitative estimate of drug-likeness (QED) is 0.0684. The van der Waals surface area contributed by atoms with E-state index < -0.39 is 102 Å². The van der Waals surface area contributed by atoms with Crippen LogP contribution in [0.2, 0.25) is 0 Å². The van der Waals surface area contributed by atoms with Crippen LogP contribution in [-0.4, -0.2) is 154 Å². The SMILES string of the molecule is CCCCC/C=C\CCCN[C@@H]1[C@H](C)[C@@H](O)[C@](C)(O)[C@@H](CC)OC(=O)[C@H](C)[C@@H](OC2CC(C)(OC)C(O)C(C)O2)[C@H](C)[C@@H](OC2OC(C)CC(N(C)C)C2O)[C@](C)(O)C[C@H]1C. The number of carbonyl (C=O) groups excluding carboxylic acids is 1. The minimum absolute atomic E-state index is 0.129. The average molecular weight is 873 g/mol. The van der Waals surface area contributed by atoms with Gasteiger partial charge in [0, 0.05) is 37.5 Å². The largest absolute Gasteiger partial charge is 0.459 e.